The molecule has 0 bridgehead atoms. The number of hydrogen-bond donors (Lipinski definition) is 2. The van der Waals surface area contributed by atoms with Gasteiger partial charge in [-0.25, -0.2) is 0 Å². The Labute approximate surface area is 133 Å². The van der Waals surface area contributed by atoms with E-state index in [4.69, 9.17) is 4.74 Å². The first-order valence-electron chi connectivity index (χ1n) is 7.51. The number of methoxy groups -OCH3 is 1. The van der Waals surface area contributed by atoms with Crippen LogP contribution in [0.2, 0.25) is 0 Å². The number of halogens is 1. The number of rotatable bonds is 3. The van der Waals surface area contributed by atoms with Gasteiger partial charge in [-0.2, -0.15) is 0 Å². The second-order valence-electron chi connectivity index (χ2n) is 6.03. The molecule has 2 aliphatic rings. The van der Waals surface area contributed by atoms with E-state index in [0.29, 0.717) is 5.92 Å². The Bertz CT molecular complexity index is 549. The smallest absolute Gasteiger partial charge is 0.232 e. The van der Waals surface area contributed by atoms with Gasteiger partial charge in [0.1, 0.15) is 5.75 Å². The Balaban J connectivity index is 1.78. The number of anilines is 1. The first-order chi connectivity index (χ1) is 10.2. The van der Waals surface area contributed by atoms with E-state index >= 15 is 0 Å². The molecule has 1 saturated heterocycles. The van der Waals surface area contributed by atoms with E-state index < -0.39 is 0 Å². The molecule has 1 amide bonds. The van der Waals surface area contributed by atoms with E-state index in [1.54, 1.807) is 7.11 Å². The number of benzene rings is 1. The van der Waals surface area contributed by atoms with Crippen molar-refractivity contribution < 1.29 is 9.53 Å². The Morgan fingerprint density at radius 3 is 3.10 bits per heavy atom. The fourth-order valence-electron chi connectivity index (χ4n) is 3.69. The molecule has 3 rings (SSSR count). The maximum atomic E-state index is 12.8. The minimum Gasteiger partial charge on any atom is -0.496 e. The summed E-state index contributed by atoms with van der Waals surface area (Å²) in [5, 5.41) is 6.51. The minimum absolute atomic E-state index is 0.161. The molecule has 0 unspecified atom stereocenters. The van der Waals surface area contributed by atoms with Crippen LogP contribution in [0.3, 0.4) is 0 Å². The summed E-state index contributed by atoms with van der Waals surface area (Å²) in [7, 11) is 1.63. The molecule has 1 heterocycles. The second kappa shape index (κ2) is 5.97. The van der Waals surface area contributed by atoms with Gasteiger partial charge in [0, 0.05) is 12.2 Å². The number of carbonyl (C=O) groups is 1. The fraction of sp³-hybridized carbons (Fsp3) is 0.562. The molecule has 1 aliphatic carbocycles. The molecular weight excluding hydrogens is 332 g/mol. The highest BCUT2D eigenvalue weighted by Gasteiger charge is 2.49. The predicted octanol–water partition coefficient (Wildman–Crippen LogP) is 3.18. The third-order valence-electron chi connectivity index (χ3n) is 4.90. The lowest BCUT2D eigenvalue weighted by Crippen LogP contribution is -2.44. The Morgan fingerprint density at radius 1 is 1.48 bits per heavy atom. The zero-order valence-corrected chi connectivity index (χ0v) is 13.8. The molecule has 1 aromatic rings. The van der Waals surface area contributed by atoms with Crippen LogP contribution in [0.5, 0.6) is 5.75 Å². The van der Waals surface area contributed by atoms with Gasteiger partial charge < -0.3 is 15.4 Å². The molecule has 21 heavy (non-hydrogen) atoms. The van der Waals surface area contributed by atoms with Crippen molar-refractivity contribution >= 4 is 27.5 Å². The molecule has 1 aromatic carbocycles. The maximum absolute atomic E-state index is 12.8. The number of hydrogen-bond acceptors (Lipinski definition) is 3. The first-order valence-corrected chi connectivity index (χ1v) is 8.31. The van der Waals surface area contributed by atoms with Crippen LogP contribution in [-0.4, -0.2) is 26.1 Å². The summed E-state index contributed by atoms with van der Waals surface area (Å²) in [5.41, 5.74) is 0.600. The SMILES string of the molecule is COc1ccc(NC(=O)[C@@]23CCCC[C@H]2CNC3)cc1Br. The second-order valence-corrected chi connectivity index (χ2v) is 6.89. The van der Waals surface area contributed by atoms with E-state index in [-0.39, 0.29) is 11.3 Å². The number of ether oxygens (including phenoxy) is 1. The zero-order chi connectivity index (χ0) is 14.9. The van der Waals surface area contributed by atoms with Crippen LogP contribution in [0.1, 0.15) is 25.7 Å². The van der Waals surface area contributed by atoms with Crippen LogP contribution in [0, 0.1) is 11.3 Å². The molecule has 2 atom stereocenters. The normalized spacial score (nSPS) is 28.0. The average molecular weight is 353 g/mol. The zero-order valence-electron chi connectivity index (χ0n) is 12.2. The summed E-state index contributed by atoms with van der Waals surface area (Å²) >= 11 is 3.46. The van der Waals surface area contributed by atoms with Crippen LogP contribution in [0.25, 0.3) is 0 Å². The van der Waals surface area contributed by atoms with E-state index in [9.17, 15) is 4.79 Å². The topological polar surface area (TPSA) is 50.4 Å². The van der Waals surface area contributed by atoms with E-state index in [1.165, 1.54) is 6.42 Å². The van der Waals surface area contributed by atoms with Gasteiger partial charge in [-0.15, -0.1) is 0 Å². The first kappa shape index (κ1) is 14.9. The lowest BCUT2D eigenvalue weighted by atomic mass is 9.67. The Kier molecular flexibility index (Phi) is 4.22. The fourth-order valence-corrected chi connectivity index (χ4v) is 4.23. The van der Waals surface area contributed by atoms with Gasteiger partial charge in [-0.1, -0.05) is 12.8 Å². The summed E-state index contributed by atoms with van der Waals surface area (Å²) in [6.07, 6.45) is 4.55. The predicted molar refractivity (Wildman–Crippen MR) is 86.6 cm³/mol. The monoisotopic (exact) mass is 352 g/mol. The van der Waals surface area contributed by atoms with E-state index in [0.717, 1.165) is 48.3 Å². The number of amides is 1. The summed E-state index contributed by atoms with van der Waals surface area (Å²) in [6.45, 7) is 1.78. The third kappa shape index (κ3) is 2.69. The minimum atomic E-state index is -0.218. The van der Waals surface area contributed by atoms with Crippen molar-refractivity contribution in [1.29, 1.82) is 0 Å². The molecule has 0 aromatic heterocycles. The van der Waals surface area contributed by atoms with Crippen molar-refractivity contribution in [2.45, 2.75) is 25.7 Å². The summed E-state index contributed by atoms with van der Waals surface area (Å²) in [6, 6.07) is 5.65. The molecule has 2 N–H and O–H groups in total. The summed E-state index contributed by atoms with van der Waals surface area (Å²) in [5.74, 6) is 1.41. The molecule has 4 nitrogen and oxygen atoms in total. The molecule has 0 spiro atoms. The van der Waals surface area contributed by atoms with Gasteiger partial charge in [0.05, 0.1) is 17.0 Å². The van der Waals surface area contributed by atoms with Crippen molar-refractivity contribution in [2.24, 2.45) is 11.3 Å². The van der Waals surface area contributed by atoms with Crippen LogP contribution in [0.4, 0.5) is 5.69 Å². The van der Waals surface area contributed by atoms with Crippen molar-refractivity contribution in [3.63, 3.8) is 0 Å². The van der Waals surface area contributed by atoms with Crippen LogP contribution in [0.15, 0.2) is 22.7 Å². The van der Waals surface area contributed by atoms with E-state index in [1.807, 2.05) is 18.2 Å². The molecule has 0 radical (unpaired) electrons. The quantitative estimate of drug-likeness (QED) is 0.878. The van der Waals surface area contributed by atoms with Crippen molar-refractivity contribution in [2.75, 3.05) is 25.5 Å². The lowest BCUT2D eigenvalue weighted by molar-refractivity contribution is -0.128. The largest absolute Gasteiger partial charge is 0.496 e. The average Bonchev–Trinajstić information content (AvgIpc) is 2.92. The highest BCUT2D eigenvalue weighted by molar-refractivity contribution is 9.10. The van der Waals surface area contributed by atoms with Gasteiger partial charge in [-0.05, 0) is 59.4 Å². The Morgan fingerprint density at radius 2 is 2.33 bits per heavy atom. The standard InChI is InChI=1S/C16H21BrN2O2/c1-21-14-6-5-12(8-13(14)17)19-15(20)16-7-3-2-4-11(16)9-18-10-16/h5-6,8,11,18H,2-4,7,9-10H2,1H3,(H,19,20)/t11-,16+/m0/s1. The van der Waals surface area contributed by atoms with Gasteiger partial charge >= 0.3 is 0 Å². The molecule has 1 saturated carbocycles. The van der Waals surface area contributed by atoms with Gasteiger partial charge in [0.15, 0.2) is 0 Å². The van der Waals surface area contributed by atoms with Crippen molar-refractivity contribution in [3.05, 3.63) is 22.7 Å². The van der Waals surface area contributed by atoms with Crippen LogP contribution < -0.4 is 15.4 Å². The van der Waals surface area contributed by atoms with Gasteiger partial charge in [0.2, 0.25) is 5.91 Å². The van der Waals surface area contributed by atoms with Crippen LogP contribution >= 0.6 is 15.9 Å². The maximum Gasteiger partial charge on any atom is 0.232 e. The number of fused-ring (bicyclic) bond motifs is 1. The molecule has 5 heteroatoms. The van der Waals surface area contributed by atoms with Crippen molar-refractivity contribution in [3.8, 4) is 5.75 Å². The molecule has 114 valence electrons. The highest BCUT2D eigenvalue weighted by Crippen LogP contribution is 2.44. The number of carbonyl (C=O) groups excluding carboxylic acids is 1. The molecular formula is C16H21BrN2O2. The number of nitrogens with one attached hydrogen (secondary N) is 2. The Hall–Kier alpha value is -1.07. The summed E-state index contributed by atoms with van der Waals surface area (Å²) < 4.78 is 6.07. The van der Waals surface area contributed by atoms with Crippen LogP contribution in [-0.2, 0) is 4.79 Å². The lowest BCUT2D eigenvalue weighted by Gasteiger charge is -2.37. The van der Waals surface area contributed by atoms with Gasteiger partial charge in [0.25, 0.3) is 0 Å². The van der Waals surface area contributed by atoms with Gasteiger partial charge in [-0.3, -0.25) is 4.79 Å². The highest BCUT2D eigenvalue weighted by atomic mass is 79.9. The van der Waals surface area contributed by atoms with E-state index in [2.05, 4.69) is 26.6 Å². The molecule has 2 fully saturated rings. The summed E-state index contributed by atoms with van der Waals surface area (Å²) in [4.78, 5) is 12.8. The molecule has 1 aliphatic heterocycles. The third-order valence-corrected chi connectivity index (χ3v) is 5.52. The van der Waals surface area contributed by atoms with Crippen molar-refractivity contribution in [1.82, 2.24) is 5.32 Å².